The number of carbonyl (C=O) groups is 1. The molecule has 1 aliphatic rings. The van der Waals surface area contributed by atoms with Crippen molar-refractivity contribution in [1.82, 2.24) is 5.43 Å². The van der Waals surface area contributed by atoms with E-state index in [-0.39, 0.29) is 12.0 Å². The number of amides is 1. The Hall–Kier alpha value is -1.59. The summed E-state index contributed by atoms with van der Waals surface area (Å²) in [5, 5.41) is 0. The lowest BCUT2D eigenvalue weighted by Gasteiger charge is -2.24. The molecule has 3 N–H and O–H groups in total. The number of nitrogens with one attached hydrogen (secondary N) is 1. The van der Waals surface area contributed by atoms with Crippen molar-refractivity contribution in [1.29, 1.82) is 0 Å². The van der Waals surface area contributed by atoms with Gasteiger partial charge in [0.2, 0.25) is 0 Å². The first kappa shape index (κ1) is 14.8. The number of anilines is 1. The molecule has 0 saturated carbocycles. The van der Waals surface area contributed by atoms with Crippen molar-refractivity contribution >= 4 is 11.6 Å². The van der Waals surface area contributed by atoms with Gasteiger partial charge < -0.3 is 9.64 Å². The Balaban J connectivity index is 1.95. The molecule has 1 amide bonds. The van der Waals surface area contributed by atoms with E-state index >= 15 is 0 Å². The molecule has 5 nitrogen and oxygen atoms in total. The maximum atomic E-state index is 11.4. The number of hydrogen-bond donors (Lipinski definition) is 2. The first-order valence-corrected chi connectivity index (χ1v) is 6.95. The van der Waals surface area contributed by atoms with Crippen LogP contribution in [0.15, 0.2) is 18.2 Å². The zero-order valence-electron chi connectivity index (χ0n) is 12.3. The van der Waals surface area contributed by atoms with E-state index in [0.29, 0.717) is 0 Å². The number of carbonyl (C=O) groups excluding carboxylic acids is 1. The van der Waals surface area contributed by atoms with Gasteiger partial charge in [-0.2, -0.15) is 0 Å². The number of hydrogen-bond acceptors (Lipinski definition) is 4. The predicted molar refractivity (Wildman–Crippen MR) is 79.4 cm³/mol. The normalized spacial score (nSPS) is 21.8. The Kier molecular flexibility index (Phi) is 4.62. The fourth-order valence-corrected chi connectivity index (χ4v) is 2.71. The zero-order chi connectivity index (χ0) is 14.7. The summed E-state index contributed by atoms with van der Waals surface area (Å²) in [6, 6.07) is 6.48. The summed E-state index contributed by atoms with van der Waals surface area (Å²) in [4.78, 5) is 13.6. The minimum absolute atomic E-state index is 0.0723. The van der Waals surface area contributed by atoms with E-state index in [1.165, 1.54) is 16.8 Å². The van der Waals surface area contributed by atoms with Crippen LogP contribution in [-0.2, 0) is 9.53 Å². The van der Waals surface area contributed by atoms with E-state index in [4.69, 9.17) is 10.6 Å². The van der Waals surface area contributed by atoms with Crippen LogP contribution in [0, 0.1) is 13.8 Å². The number of hydrazine groups is 1. The van der Waals surface area contributed by atoms with Crippen molar-refractivity contribution in [3.8, 4) is 0 Å². The van der Waals surface area contributed by atoms with Gasteiger partial charge in [-0.1, -0.05) is 6.07 Å². The van der Waals surface area contributed by atoms with Crippen molar-refractivity contribution in [2.24, 2.45) is 5.84 Å². The monoisotopic (exact) mass is 277 g/mol. The van der Waals surface area contributed by atoms with E-state index in [1.54, 1.807) is 0 Å². The van der Waals surface area contributed by atoms with Crippen LogP contribution in [0.1, 0.15) is 24.0 Å². The largest absolute Gasteiger partial charge is 0.372 e. The minimum Gasteiger partial charge on any atom is -0.372 e. The fraction of sp³-hybridized carbons (Fsp3) is 0.533. The highest BCUT2D eigenvalue weighted by molar-refractivity contribution is 5.80. The molecular formula is C15H23N3O2. The number of rotatable bonds is 4. The molecule has 2 unspecified atom stereocenters. The fourth-order valence-electron chi connectivity index (χ4n) is 2.71. The topological polar surface area (TPSA) is 67.6 Å². The number of likely N-dealkylation sites (N-methyl/N-ethyl adjacent to an activating group) is 1. The van der Waals surface area contributed by atoms with Gasteiger partial charge >= 0.3 is 0 Å². The molecule has 1 aromatic rings. The highest BCUT2D eigenvalue weighted by atomic mass is 16.5. The summed E-state index contributed by atoms with van der Waals surface area (Å²) in [6.07, 6.45) is 1.28. The van der Waals surface area contributed by atoms with E-state index < -0.39 is 6.10 Å². The Labute approximate surface area is 120 Å². The second-order valence-corrected chi connectivity index (χ2v) is 5.56. The van der Waals surface area contributed by atoms with Crippen LogP contribution in [0.25, 0.3) is 0 Å². The molecule has 1 saturated heterocycles. The predicted octanol–water partition coefficient (Wildman–Crippen LogP) is 1.28. The Bertz CT molecular complexity index is 470. The lowest BCUT2D eigenvalue weighted by Crippen LogP contribution is -2.40. The average Bonchev–Trinajstić information content (AvgIpc) is 2.85. The zero-order valence-corrected chi connectivity index (χ0v) is 12.3. The lowest BCUT2D eigenvalue weighted by molar-refractivity contribution is -0.131. The number of nitrogens with zero attached hydrogens (tertiary/aromatic N) is 1. The number of ether oxygens (including phenoxy) is 1. The van der Waals surface area contributed by atoms with Crippen molar-refractivity contribution < 1.29 is 9.53 Å². The van der Waals surface area contributed by atoms with E-state index in [2.05, 4.69) is 42.4 Å². The van der Waals surface area contributed by atoms with Gasteiger partial charge in [0.15, 0.2) is 0 Å². The summed E-state index contributed by atoms with van der Waals surface area (Å²) in [6.45, 7) is 4.97. The van der Waals surface area contributed by atoms with Gasteiger partial charge in [0.1, 0.15) is 6.10 Å². The number of nitrogens with two attached hydrogens (primary N) is 1. The van der Waals surface area contributed by atoms with E-state index in [1.807, 2.05) is 7.05 Å². The van der Waals surface area contributed by atoms with Crippen LogP contribution >= 0.6 is 0 Å². The van der Waals surface area contributed by atoms with Gasteiger partial charge in [0.05, 0.1) is 6.10 Å². The van der Waals surface area contributed by atoms with E-state index in [0.717, 1.165) is 19.4 Å². The molecule has 20 heavy (non-hydrogen) atoms. The lowest BCUT2D eigenvalue weighted by atomic mass is 10.1. The van der Waals surface area contributed by atoms with Crippen molar-refractivity contribution in [3.05, 3.63) is 29.3 Å². The second kappa shape index (κ2) is 6.24. The molecule has 0 aliphatic carbocycles. The van der Waals surface area contributed by atoms with Crippen LogP contribution in [0.2, 0.25) is 0 Å². The maximum Gasteiger partial charge on any atom is 0.263 e. The Morgan fingerprint density at radius 3 is 2.60 bits per heavy atom. The van der Waals surface area contributed by atoms with Crippen LogP contribution in [0.4, 0.5) is 5.69 Å². The summed E-state index contributed by atoms with van der Waals surface area (Å²) in [5.41, 5.74) is 5.83. The summed E-state index contributed by atoms with van der Waals surface area (Å²) in [5.74, 6) is 4.90. The maximum absolute atomic E-state index is 11.4. The molecule has 2 atom stereocenters. The summed E-state index contributed by atoms with van der Waals surface area (Å²) in [7, 11) is 2.05. The van der Waals surface area contributed by atoms with E-state index in [9.17, 15) is 4.79 Å². The molecule has 0 bridgehead atoms. The van der Waals surface area contributed by atoms with Crippen molar-refractivity contribution in [2.75, 3.05) is 18.5 Å². The van der Waals surface area contributed by atoms with Crippen molar-refractivity contribution in [2.45, 2.75) is 38.9 Å². The molecule has 5 heteroatoms. The third kappa shape index (κ3) is 3.49. The number of benzene rings is 1. The third-order valence-corrected chi connectivity index (χ3v) is 3.67. The average molecular weight is 277 g/mol. The molecule has 110 valence electrons. The molecular weight excluding hydrogens is 254 g/mol. The van der Waals surface area contributed by atoms with Gasteiger partial charge in [-0.3, -0.25) is 10.2 Å². The van der Waals surface area contributed by atoms with Crippen LogP contribution in [0.3, 0.4) is 0 Å². The smallest absolute Gasteiger partial charge is 0.263 e. The van der Waals surface area contributed by atoms with Crippen LogP contribution in [-0.4, -0.2) is 31.7 Å². The molecule has 1 aliphatic heterocycles. The second-order valence-electron chi connectivity index (χ2n) is 5.56. The van der Waals surface area contributed by atoms with Gasteiger partial charge in [-0.05, 0) is 49.9 Å². The number of aryl methyl sites for hydroxylation is 2. The first-order valence-electron chi connectivity index (χ1n) is 6.95. The Morgan fingerprint density at radius 2 is 2.00 bits per heavy atom. The molecule has 0 spiro atoms. The molecule has 0 radical (unpaired) electrons. The van der Waals surface area contributed by atoms with Gasteiger partial charge in [0, 0.05) is 19.3 Å². The van der Waals surface area contributed by atoms with Gasteiger partial charge in [-0.15, -0.1) is 0 Å². The standard InChI is InChI=1S/C15H23N3O2/c1-10-6-11(2)8-12(7-10)18(3)9-13-4-5-14(20-13)15(19)17-16/h6-8,13-14H,4-5,9,16H2,1-3H3,(H,17,19). The molecule has 1 aromatic carbocycles. The van der Waals surface area contributed by atoms with Crippen LogP contribution < -0.4 is 16.2 Å². The summed E-state index contributed by atoms with van der Waals surface area (Å²) < 4.78 is 5.73. The molecule has 2 rings (SSSR count). The molecule has 0 aromatic heterocycles. The SMILES string of the molecule is Cc1cc(C)cc(N(C)CC2CCC(C(=O)NN)O2)c1. The molecule has 1 fully saturated rings. The first-order chi connectivity index (χ1) is 9.49. The van der Waals surface area contributed by atoms with Gasteiger partial charge in [0.25, 0.3) is 5.91 Å². The van der Waals surface area contributed by atoms with Crippen molar-refractivity contribution in [3.63, 3.8) is 0 Å². The highest BCUT2D eigenvalue weighted by Crippen LogP contribution is 2.23. The third-order valence-electron chi connectivity index (χ3n) is 3.67. The van der Waals surface area contributed by atoms with Gasteiger partial charge in [-0.25, -0.2) is 5.84 Å². The quantitative estimate of drug-likeness (QED) is 0.494. The Morgan fingerprint density at radius 1 is 1.35 bits per heavy atom. The highest BCUT2D eigenvalue weighted by Gasteiger charge is 2.30. The van der Waals surface area contributed by atoms with Crippen LogP contribution in [0.5, 0.6) is 0 Å². The minimum atomic E-state index is -0.405. The summed E-state index contributed by atoms with van der Waals surface area (Å²) >= 11 is 0. The molecule has 1 heterocycles.